The number of anilines is 1. The first-order valence-electron chi connectivity index (χ1n) is 9.99. The summed E-state index contributed by atoms with van der Waals surface area (Å²) in [7, 11) is 1.37. The third-order valence-electron chi connectivity index (χ3n) is 5.22. The van der Waals surface area contributed by atoms with Crippen LogP contribution < -0.4 is 15.1 Å². The molecule has 166 valence electrons. The van der Waals surface area contributed by atoms with Crippen LogP contribution in [0.15, 0.2) is 45.9 Å². The third kappa shape index (κ3) is 4.40. The first-order chi connectivity index (χ1) is 15.5. The van der Waals surface area contributed by atoms with Crippen LogP contribution in [0.25, 0.3) is 11.0 Å². The molecule has 0 unspecified atom stereocenters. The zero-order valence-electron chi connectivity index (χ0n) is 17.7. The van der Waals surface area contributed by atoms with Crippen LogP contribution in [-0.2, 0) is 4.74 Å². The number of carbonyl (C=O) groups is 1. The molecule has 2 aromatic carbocycles. The summed E-state index contributed by atoms with van der Waals surface area (Å²) in [5, 5.41) is 15.5. The Morgan fingerprint density at radius 3 is 2.72 bits per heavy atom. The lowest BCUT2D eigenvalue weighted by Crippen LogP contribution is -2.36. The number of carbonyl (C=O) groups excluding carboxylic acids is 1. The van der Waals surface area contributed by atoms with Crippen LogP contribution in [0.4, 0.5) is 11.4 Å². The second-order valence-corrected chi connectivity index (χ2v) is 7.27. The summed E-state index contributed by atoms with van der Waals surface area (Å²) in [6, 6.07) is 10.0. The molecule has 2 heterocycles. The number of rotatable bonds is 6. The molecule has 1 aromatic heterocycles. The van der Waals surface area contributed by atoms with Gasteiger partial charge in [0.1, 0.15) is 0 Å². The number of nitro groups is 1. The smallest absolute Gasteiger partial charge is 0.307 e. The summed E-state index contributed by atoms with van der Waals surface area (Å²) in [4.78, 5) is 25.3. The summed E-state index contributed by atoms with van der Waals surface area (Å²) in [6.07, 6.45) is 1.56. The van der Waals surface area contributed by atoms with Crippen molar-refractivity contribution < 1.29 is 23.6 Å². The van der Waals surface area contributed by atoms with Crippen molar-refractivity contribution >= 4 is 34.5 Å². The lowest BCUT2D eigenvalue weighted by atomic mass is 10.1. The van der Waals surface area contributed by atoms with Crippen molar-refractivity contribution in [3.63, 3.8) is 0 Å². The lowest BCUT2D eigenvalue weighted by molar-refractivity contribution is -0.384. The Balaban J connectivity index is 1.47. The number of aryl methyl sites for hydroxylation is 1. The monoisotopic (exact) mass is 438 g/mol. The maximum absolute atomic E-state index is 12.5. The van der Waals surface area contributed by atoms with Crippen LogP contribution in [-0.4, -0.2) is 50.5 Å². The summed E-state index contributed by atoms with van der Waals surface area (Å²) in [5.74, 6) is -0.437. The number of benzene rings is 2. The van der Waals surface area contributed by atoms with Crippen molar-refractivity contribution in [1.29, 1.82) is 0 Å². The molecule has 0 spiro atoms. The van der Waals surface area contributed by atoms with Crippen LogP contribution in [0, 0.1) is 17.0 Å². The highest BCUT2D eigenvalue weighted by molar-refractivity contribution is 5.98. The van der Waals surface area contributed by atoms with Gasteiger partial charge in [0.15, 0.2) is 17.1 Å². The molecule has 10 nitrogen and oxygen atoms in total. The van der Waals surface area contributed by atoms with Crippen LogP contribution in [0.3, 0.4) is 0 Å². The molecule has 1 saturated heterocycles. The fraction of sp³-hybridized carbons (Fsp3) is 0.273. The topological polar surface area (TPSA) is 119 Å². The van der Waals surface area contributed by atoms with Crippen LogP contribution >= 0.6 is 0 Å². The fourth-order valence-electron chi connectivity index (χ4n) is 3.51. The van der Waals surface area contributed by atoms with Crippen molar-refractivity contribution in [3.8, 4) is 5.75 Å². The third-order valence-corrected chi connectivity index (χ3v) is 5.22. The molecular formula is C22H22N4O6. The normalized spacial score (nSPS) is 14.1. The van der Waals surface area contributed by atoms with Gasteiger partial charge in [0.2, 0.25) is 0 Å². The van der Waals surface area contributed by atoms with E-state index in [-0.39, 0.29) is 22.8 Å². The van der Waals surface area contributed by atoms with Gasteiger partial charge in [-0.05, 0) is 36.2 Å². The molecule has 1 fully saturated rings. The summed E-state index contributed by atoms with van der Waals surface area (Å²) in [5.41, 5.74) is 5.53. The molecule has 0 aliphatic carbocycles. The minimum absolute atomic E-state index is 0.0321. The number of hydrazone groups is 1. The standard InChI is InChI=1S/C22H22N4O6/c1-14-9-17(25-5-7-31-8-6-25)4-3-15(14)13-23-24-22(27)20-11-16-10-18(26(28)29)12-19(30-2)21(16)32-20/h3-4,9-13H,5-8H2,1-2H3,(H,24,27)/b23-13-. The van der Waals surface area contributed by atoms with E-state index in [9.17, 15) is 14.9 Å². The number of furan rings is 1. The van der Waals surface area contributed by atoms with Crippen molar-refractivity contribution in [2.24, 2.45) is 5.10 Å². The molecule has 10 heteroatoms. The average molecular weight is 438 g/mol. The van der Waals surface area contributed by atoms with Crippen molar-refractivity contribution in [2.45, 2.75) is 6.92 Å². The van der Waals surface area contributed by atoms with Gasteiger partial charge in [0.05, 0.1) is 37.5 Å². The minimum atomic E-state index is -0.579. The molecule has 1 aliphatic rings. The number of methoxy groups -OCH3 is 1. The number of ether oxygens (including phenoxy) is 2. The predicted molar refractivity (Wildman–Crippen MR) is 119 cm³/mol. The van der Waals surface area contributed by atoms with Gasteiger partial charge >= 0.3 is 5.91 Å². The van der Waals surface area contributed by atoms with E-state index in [1.165, 1.54) is 25.3 Å². The van der Waals surface area contributed by atoms with Gasteiger partial charge in [0.25, 0.3) is 5.69 Å². The molecule has 0 atom stereocenters. The Bertz CT molecular complexity index is 1200. The average Bonchev–Trinajstić information content (AvgIpc) is 3.24. The van der Waals surface area contributed by atoms with Crippen LogP contribution in [0.1, 0.15) is 21.7 Å². The molecule has 1 aliphatic heterocycles. The Hall–Kier alpha value is -3.92. The molecular weight excluding hydrogens is 416 g/mol. The van der Waals surface area contributed by atoms with Gasteiger partial charge in [-0.1, -0.05) is 6.07 Å². The highest BCUT2D eigenvalue weighted by atomic mass is 16.6. The SMILES string of the molecule is COc1cc([N+](=O)[O-])cc2cc(C(=O)N/N=C\c3ccc(N4CCOCC4)cc3C)oc12. The zero-order chi connectivity index (χ0) is 22.7. The molecule has 1 N–H and O–H groups in total. The predicted octanol–water partition coefficient (Wildman–Crippen LogP) is 3.26. The number of hydrogen-bond donors (Lipinski definition) is 1. The quantitative estimate of drug-likeness (QED) is 0.356. The van der Waals surface area contributed by atoms with E-state index < -0.39 is 10.8 Å². The van der Waals surface area contributed by atoms with E-state index in [1.807, 2.05) is 19.1 Å². The second kappa shape index (κ2) is 9.06. The largest absolute Gasteiger partial charge is 0.493 e. The van der Waals surface area contributed by atoms with Gasteiger partial charge in [0, 0.05) is 30.2 Å². The van der Waals surface area contributed by atoms with Gasteiger partial charge in [-0.3, -0.25) is 14.9 Å². The highest BCUT2D eigenvalue weighted by Gasteiger charge is 2.19. The molecule has 0 bridgehead atoms. The number of nitrogens with one attached hydrogen (secondary N) is 1. The first-order valence-corrected chi connectivity index (χ1v) is 9.99. The van der Waals surface area contributed by atoms with E-state index in [1.54, 1.807) is 6.21 Å². The van der Waals surface area contributed by atoms with Crippen molar-refractivity contribution in [2.75, 3.05) is 38.3 Å². The maximum Gasteiger partial charge on any atom is 0.307 e. The fourth-order valence-corrected chi connectivity index (χ4v) is 3.51. The number of nitrogens with zero attached hydrogens (tertiary/aromatic N) is 3. The van der Waals surface area contributed by atoms with Crippen LogP contribution in [0.5, 0.6) is 5.75 Å². The van der Waals surface area contributed by atoms with Gasteiger partial charge in [-0.25, -0.2) is 5.43 Å². The van der Waals surface area contributed by atoms with Crippen molar-refractivity contribution in [1.82, 2.24) is 5.43 Å². The summed E-state index contributed by atoms with van der Waals surface area (Å²) < 4.78 is 16.1. The second-order valence-electron chi connectivity index (χ2n) is 7.27. The molecule has 3 aromatic rings. The summed E-state index contributed by atoms with van der Waals surface area (Å²) >= 11 is 0. The number of morpholine rings is 1. The summed E-state index contributed by atoms with van der Waals surface area (Å²) in [6.45, 7) is 5.12. The first kappa shape index (κ1) is 21.3. The molecule has 1 amide bonds. The van der Waals surface area contributed by atoms with Gasteiger partial charge in [-0.2, -0.15) is 5.10 Å². The van der Waals surface area contributed by atoms with Gasteiger partial charge in [-0.15, -0.1) is 0 Å². The molecule has 0 radical (unpaired) electrons. The number of nitro benzene ring substituents is 1. The Kier molecular flexibility index (Phi) is 6.04. The van der Waals surface area contributed by atoms with Crippen molar-refractivity contribution in [3.05, 3.63) is 63.4 Å². The Morgan fingerprint density at radius 1 is 1.25 bits per heavy atom. The molecule has 32 heavy (non-hydrogen) atoms. The number of amides is 1. The van der Waals surface area contributed by atoms with E-state index >= 15 is 0 Å². The Morgan fingerprint density at radius 2 is 2.03 bits per heavy atom. The molecule has 4 rings (SSSR count). The zero-order valence-corrected chi connectivity index (χ0v) is 17.7. The maximum atomic E-state index is 12.5. The number of hydrogen-bond acceptors (Lipinski definition) is 8. The lowest BCUT2D eigenvalue weighted by Gasteiger charge is -2.29. The van der Waals surface area contributed by atoms with E-state index in [0.717, 1.165) is 43.1 Å². The molecule has 0 saturated carbocycles. The number of fused-ring (bicyclic) bond motifs is 1. The van der Waals surface area contributed by atoms with E-state index in [0.29, 0.717) is 5.39 Å². The van der Waals surface area contributed by atoms with E-state index in [2.05, 4.69) is 21.5 Å². The number of non-ortho nitro benzene ring substituents is 1. The van der Waals surface area contributed by atoms with Crippen LogP contribution in [0.2, 0.25) is 0 Å². The highest BCUT2D eigenvalue weighted by Crippen LogP contribution is 2.33. The minimum Gasteiger partial charge on any atom is -0.493 e. The van der Waals surface area contributed by atoms with E-state index in [4.69, 9.17) is 13.9 Å². The van der Waals surface area contributed by atoms with Gasteiger partial charge < -0.3 is 18.8 Å². The Labute approximate surface area is 183 Å².